The molecule has 2 N–H and O–H groups in total. The van der Waals surface area contributed by atoms with Gasteiger partial charge in [-0.25, -0.2) is 5.43 Å². The maximum Gasteiger partial charge on any atom is 0.329 e. The second kappa shape index (κ2) is 5.79. The Balaban J connectivity index is 2.64. The fourth-order valence-corrected chi connectivity index (χ4v) is 1.11. The molecule has 0 aliphatic carbocycles. The first-order valence-corrected chi connectivity index (χ1v) is 5.18. The summed E-state index contributed by atoms with van der Waals surface area (Å²) in [5.41, 5.74) is 4.34. The topological polar surface area (TPSA) is 70.6 Å². The van der Waals surface area contributed by atoms with Gasteiger partial charge in [-0.2, -0.15) is 5.10 Å². The Morgan fingerprint density at radius 1 is 1.12 bits per heavy atom. The summed E-state index contributed by atoms with van der Waals surface area (Å²) in [6.07, 6.45) is 0. The lowest BCUT2D eigenvalue weighted by Gasteiger charge is -2.06. The molecule has 0 radical (unpaired) electrons. The minimum atomic E-state index is -0.783. The quantitative estimate of drug-likeness (QED) is 0.461. The summed E-state index contributed by atoms with van der Waals surface area (Å²) < 4.78 is 0. The molecule has 2 amide bonds. The highest BCUT2D eigenvalue weighted by Gasteiger charge is 2.13. The molecule has 0 spiro atoms. The van der Waals surface area contributed by atoms with E-state index in [2.05, 4.69) is 15.8 Å². The highest BCUT2D eigenvalue weighted by Crippen LogP contribution is 2.12. The molecule has 1 rings (SSSR count). The number of amides is 2. The average Bonchev–Trinajstić information content (AvgIpc) is 2.28. The van der Waals surface area contributed by atoms with E-state index in [1.54, 1.807) is 26.0 Å². The number of rotatable bonds is 2. The van der Waals surface area contributed by atoms with Crippen molar-refractivity contribution in [3.05, 3.63) is 29.8 Å². The maximum atomic E-state index is 11.5. The Bertz CT molecular complexity index is 463. The van der Waals surface area contributed by atoms with Crippen molar-refractivity contribution in [2.24, 2.45) is 5.10 Å². The molecule has 0 saturated heterocycles. The number of nitrogens with one attached hydrogen (secondary N) is 2. The van der Waals surface area contributed by atoms with Crippen LogP contribution in [0.2, 0.25) is 0 Å². The molecule has 5 heteroatoms. The van der Waals surface area contributed by atoms with E-state index in [1.807, 2.05) is 19.1 Å². The number of benzene rings is 1. The van der Waals surface area contributed by atoms with E-state index in [0.29, 0.717) is 11.4 Å². The summed E-state index contributed by atoms with van der Waals surface area (Å²) in [6, 6.07) is 7.22. The summed E-state index contributed by atoms with van der Waals surface area (Å²) in [5.74, 6) is -1.52. The highest BCUT2D eigenvalue weighted by molar-refractivity contribution is 6.39. The average molecular weight is 233 g/mol. The first-order chi connectivity index (χ1) is 8.00. The molecular formula is C12H15N3O2. The largest absolute Gasteiger partial charge is 0.329 e. The van der Waals surface area contributed by atoms with Gasteiger partial charge in [0, 0.05) is 11.4 Å². The molecule has 0 aliphatic rings. The third-order valence-corrected chi connectivity index (χ3v) is 1.98. The first kappa shape index (κ1) is 12.9. The summed E-state index contributed by atoms with van der Waals surface area (Å²) in [7, 11) is 0. The molecule has 0 bridgehead atoms. The van der Waals surface area contributed by atoms with Crippen molar-refractivity contribution in [3.63, 3.8) is 0 Å². The van der Waals surface area contributed by atoms with Crippen molar-refractivity contribution in [1.82, 2.24) is 5.43 Å². The third-order valence-electron chi connectivity index (χ3n) is 1.98. The Morgan fingerprint density at radius 2 is 1.76 bits per heavy atom. The van der Waals surface area contributed by atoms with Crippen LogP contribution in [-0.4, -0.2) is 17.5 Å². The zero-order valence-electron chi connectivity index (χ0n) is 10.1. The zero-order chi connectivity index (χ0) is 12.8. The van der Waals surface area contributed by atoms with Crippen molar-refractivity contribution in [2.45, 2.75) is 20.8 Å². The molecule has 0 unspecified atom stereocenters. The normalized spacial score (nSPS) is 9.35. The van der Waals surface area contributed by atoms with Crippen molar-refractivity contribution in [1.29, 1.82) is 0 Å². The molecule has 0 atom stereocenters. The lowest BCUT2D eigenvalue weighted by molar-refractivity contribution is -0.136. The second-order valence-corrected chi connectivity index (χ2v) is 3.77. The van der Waals surface area contributed by atoms with E-state index in [-0.39, 0.29) is 0 Å². The summed E-state index contributed by atoms with van der Waals surface area (Å²) >= 11 is 0. The van der Waals surface area contributed by atoms with Gasteiger partial charge in [0.1, 0.15) is 0 Å². The van der Waals surface area contributed by atoms with Crippen LogP contribution in [0.15, 0.2) is 29.4 Å². The van der Waals surface area contributed by atoms with E-state index >= 15 is 0 Å². The van der Waals surface area contributed by atoms with Crippen LogP contribution in [0.4, 0.5) is 5.69 Å². The van der Waals surface area contributed by atoms with Crippen LogP contribution in [-0.2, 0) is 9.59 Å². The minimum absolute atomic E-state index is 0.616. The minimum Gasteiger partial charge on any atom is -0.317 e. The van der Waals surface area contributed by atoms with Gasteiger partial charge in [0.05, 0.1) is 0 Å². The number of carbonyl (C=O) groups is 2. The molecule has 17 heavy (non-hydrogen) atoms. The summed E-state index contributed by atoms with van der Waals surface area (Å²) in [4.78, 5) is 22.8. The smallest absolute Gasteiger partial charge is 0.317 e. The lowest BCUT2D eigenvalue weighted by atomic mass is 10.2. The van der Waals surface area contributed by atoms with E-state index in [9.17, 15) is 9.59 Å². The van der Waals surface area contributed by atoms with Crippen molar-refractivity contribution in [3.8, 4) is 0 Å². The predicted molar refractivity (Wildman–Crippen MR) is 66.7 cm³/mol. The highest BCUT2D eigenvalue weighted by atomic mass is 16.2. The van der Waals surface area contributed by atoms with Gasteiger partial charge in [0.15, 0.2) is 0 Å². The molecule has 0 fully saturated rings. The third kappa shape index (κ3) is 4.06. The monoisotopic (exact) mass is 233 g/mol. The number of nitrogens with zero attached hydrogens (tertiary/aromatic N) is 1. The molecule has 1 aromatic rings. The maximum absolute atomic E-state index is 11.5. The van der Waals surface area contributed by atoms with Crippen molar-refractivity contribution in [2.75, 3.05) is 5.32 Å². The number of hydrogen-bond acceptors (Lipinski definition) is 3. The molecule has 5 nitrogen and oxygen atoms in total. The number of aryl methyl sites for hydroxylation is 1. The molecule has 1 aromatic carbocycles. The molecule has 0 aromatic heterocycles. The van der Waals surface area contributed by atoms with Crippen molar-refractivity contribution >= 4 is 23.2 Å². The fraction of sp³-hybridized carbons (Fsp3) is 0.250. The second-order valence-electron chi connectivity index (χ2n) is 3.77. The van der Waals surface area contributed by atoms with Crippen LogP contribution in [0.5, 0.6) is 0 Å². The van der Waals surface area contributed by atoms with Crippen LogP contribution in [0.25, 0.3) is 0 Å². The van der Waals surface area contributed by atoms with E-state index in [4.69, 9.17) is 0 Å². The van der Waals surface area contributed by atoms with Gasteiger partial charge in [-0.15, -0.1) is 0 Å². The predicted octanol–water partition coefficient (Wildman–Crippen LogP) is 1.45. The van der Waals surface area contributed by atoms with Gasteiger partial charge in [-0.1, -0.05) is 18.2 Å². The Morgan fingerprint density at radius 3 is 2.35 bits per heavy atom. The Kier molecular flexibility index (Phi) is 4.39. The van der Waals surface area contributed by atoms with Crippen molar-refractivity contribution < 1.29 is 9.59 Å². The van der Waals surface area contributed by atoms with Crippen LogP contribution >= 0.6 is 0 Å². The summed E-state index contributed by atoms with van der Waals surface area (Å²) in [6.45, 7) is 5.29. The van der Waals surface area contributed by atoms with Crippen LogP contribution in [0, 0.1) is 6.92 Å². The van der Waals surface area contributed by atoms with Gasteiger partial charge < -0.3 is 5.32 Å². The van der Waals surface area contributed by atoms with E-state index < -0.39 is 11.8 Å². The van der Waals surface area contributed by atoms with Crippen LogP contribution in [0.1, 0.15) is 19.4 Å². The standard InChI is InChI=1S/C12H15N3O2/c1-8(2)14-15-12(17)11(16)13-10-7-5-4-6-9(10)3/h4-7H,1-3H3,(H,13,16)(H,15,17). The van der Waals surface area contributed by atoms with Gasteiger partial charge in [-0.3, -0.25) is 9.59 Å². The first-order valence-electron chi connectivity index (χ1n) is 5.18. The molecule has 0 saturated carbocycles. The van der Waals surface area contributed by atoms with E-state index in [0.717, 1.165) is 5.56 Å². The molecule has 0 heterocycles. The fourth-order valence-electron chi connectivity index (χ4n) is 1.11. The van der Waals surface area contributed by atoms with Gasteiger partial charge in [0.2, 0.25) is 0 Å². The Hall–Kier alpha value is -2.17. The summed E-state index contributed by atoms with van der Waals surface area (Å²) in [5, 5.41) is 6.18. The number of anilines is 1. The van der Waals surface area contributed by atoms with Crippen LogP contribution in [0.3, 0.4) is 0 Å². The molecule has 90 valence electrons. The van der Waals surface area contributed by atoms with Gasteiger partial charge in [0.25, 0.3) is 0 Å². The number of hydrazone groups is 1. The van der Waals surface area contributed by atoms with Gasteiger partial charge in [-0.05, 0) is 32.4 Å². The molecule has 0 aliphatic heterocycles. The number of hydrogen-bond donors (Lipinski definition) is 2. The Labute approximate surface area is 99.9 Å². The van der Waals surface area contributed by atoms with E-state index in [1.165, 1.54) is 0 Å². The molecular weight excluding hydrogens is 218 g/mol. The number of carbonyl (C=O) groups excluding carboxylic acids is 2. The lowest BCUT2D eigenvalue weighted by Crippen LogP contribution is -2.32. The number of para-hydroxylation sites is 1. The SMILES string of the molecule is CC(C)=NNC(=O)C(=O)Nc1ccccc1C. The van der Waals surface area contributed by atoms with Crippen LogP contribution < -0.4 is 10.7 Å². The van der Waals surface area contributed by atoms with Gasteiger partial charge >= 0.3 is 11.8 Å². The zero-order valence-corrected chi connectivity index (χ0v) is 10.1.